The molecule has 4 aliphatic carbocycles. The molecule has 5 fully saturated rings. The van der Waals surface area contributed by atoms with Crippen LogP contribution in [0.5, 0.6) is 0 Å². The molecule has 2 aliphatic heterocycles. The van der Waals surface area contributed by atoms with Gasteiger partial charge in [0.15, 0.2) is 0 Å². The summed E-state index contributed by atoms with van der Waals surface area (Å²) in [6.45, 7) is 0. The van der Waals surface area contributed by atoms with Crippen molar-refractivity contribution >= 4 is 35.4 Å². The van der Waals surface area contributed by atoms with E-state index in [0.29, 0.717) is 16.5 Å². The van der Waals surface area contributed by atoms with Gasteiger partial charge in [-0.1, -0.05) is 38.2 Å². The summed E-state index contributed by atoms with van der Waals surface area (Å²) in [4.78, 5) is 51.9. The summed E-state index contributed by atoms with van der Waals surface area (Å²) in [6, 6.07) is 4.45. The summed E-state index contributed by atoms with van der Waals surface area (Å²) in [5, 5.41) is 2.26. The average molecular weight is 537 g/mol. The molecule has 4 bridgehead atoms. The number of thioether (sulfide) groups is 1. The van der Waals surface area contributed by atoms with Crippen LogP contribution in [0.15, 0.2) is 23.1 Å². The van der Waals surface area contributed by atoms with Gasteiger partial charge in [0.05, 0.1) is 11.1 Å². The number of nitrogens with one attached hydrogen (secondary N) is 1. The van der Waals surface area contributed by atoms with Crippen LogP contribution >= 0.6 is 11.8 Å². The number of imide groups is 2. The molecule has 6 aliphatic rings. The number of fused-ring (bicyclic) bond motifs is 1. The molecule has 1 aromatic rings. The molecule has 204 valence electrons. The van der Waals surface area contributed by atoms with Gasteiger partial charge in [-0.15, -0.1) is 11.8 Å². The standard InChI is InChI=1S/C31H40N2O4S/c34-26-11-10-24(28(35)32-26)33-29(36)23-8-7-9-25(27(23)30(33)37)38-13-6-4-2-1-3-5-12-31-17-20-14-21(18-31)16-22(15-20)19-31/h7-9,20-22,24H,1-6,10-19H2,(H,32,34,35). The summed E-state index contributed by atoms with van der Waals surface area (Å²) >= 11 is 1.63. The maximum atomic E-state index is 13.2. The molecule has 0 aromatic heterocycles. The van der Waals surface area contributed by atoms with Crippen LogP contribution in [0.1, 0.15) is 117 Å². The fourth-order valence-electron chi connectivity index (χ4n) is 8.69. The first-order chi connectivity index (χ1) is 18.4. The highest BCUT2D eigenvalue weighted by molar-refractivity contribution is 7.99. The zero-order valence-corrected chi connectivity index (χ0v) is 23.2. The van der Waals surface area contributed by atoms with E-state index in [2.05, 4.69) is 5.32 Å². The van der Waals surface area contributed by atoms with Crippen molar-refractivity contribution in [3.8, 4) is 0 Å². The molecule has 7 rings (SSSR count). The Labute approximate surface area is 230 Å². The number of hydrogen-bond donors (Lipinski definition) is 1. The molecule has 38 heavy (non-hydrogen) atoms. The number of hydrogen-bond acceptors (Lipinski definition) is 5. The van der Waals surface area contributed by atoms with Crippen molar-refractivity contribution in [2.45, 2.75) is 107 Å². The molecule has 0 spiro atoms. The highest BCUT2D eigenvalue weighted by Gasteiger charge is 2.50. The zero-order valence-electron chi connectivity index (χ0n) is 22.3. The third-order valence-corrected chi connectivity index (χ3v) is 11.1. The molecule has 0 radical (unpaired) electrons. The number of rotatable bonds is 11. The maximum Gasteiger partial charge on any atom is 0.263 e. The van der Waals surface area contributed by atoms with Crippen molar-refractivity contribution in [3.63, 3.8) is 0 Å². The monoisotopic (exact) mass is 536 g/mol. The number of carbonyl (C=O) groups excluding carboxylic acids is 4. The molecule has 4 saturated carbocycles. The van der Waals surface area contributed by atoms with Gasteiger partial charge in [-0.25, -0.2) is 0 Å². The van der Waals surface area contributed by atoms with Crippen LogP contribution in [0.4, 0.5) is 0 Å². The van der Waals surface area contributed by atoms with Gasteiger partial charge in [-0.3, -0.25) is 29.4 Å². The summed E-state index contributed by atoms with van der Waals surface area (Å²) in [6.07, 6.45) is 18.6. The van der Waals surface area contributed by atoms with E-state index in [1.54, 1.807) is 17.8 Å². The summed E-state index contributed by atoms with van der Waals surface area (Å²) in [5.41, 5.74) is 1.49. The second-order valence-corrected chi connectivity index (χ2v) is 13.9. The van der Waals surface area contributed by atoms with Gasteiger partial charge < -0.3 is 0 Å². The first-order valence-corrected chi connectivity index (χ1v) is 15.9. The van der Waals surface area contributed by atoms with Crippen LogP contribution in [0.3, 0.4) is 0 Å². The van der Waals surface area contributed by atoms with Gasteiger partial charge in [-0.2, -0.15) is 0 Å². The average Bonchev–Trinajstić information content (AvgIpc) is 3.12. The highest BCUT2D eigenvalue weighted by Crippen LogP contribution is 2.61. The van der Waals surface area contributed by atoms with E-state index in [4.69, 9.17) is 0 Å². The molecule has 1 N–H and O–H groups in total. The Morgan fingerprint density at radius 2 is 1.50 bits per heavy atom. The molecular weight excluding hydrogens is 496 g/mol. The number of piperidine rings is 1. The van der Waals surface area contributed by atoms with E-state index in [1.807, 2.05) is 12.1 Å². The van der Waals surface area contributed by atoms with Crippen LogP contribution < -0.4 is 5.32 Å². The van der Waals surface area contributed by atoms with Crippen molar-refractivity contribution < 1.29 is 19.2 Å². The van der Waals surface area contributed by atoms with E-state index in [1.165, 1.54) is 77.0 Å². The summed E-state index contributed by atoms with van der Waals surface area (Å²) in [7, 11) is 0. The molecule has 1 atom stereocenters. The Balaban J connectivity index is 0.923. The first kappa shape index (κ1) is 26.1. The Bertz CT molecular complexity index is 1100. The van der Waals surface area contributed by atoms with E-state index >= 15 is 0 Å². The molecule has 6 nitrogen and oxygen atoms in total. The van der Waals surface area contributed by atoms with E-state index < -0.39 is 23.8 Å². The van der Waals surface area contributed by atoms with E-state index in [-0.39, 0.29) is 18.7 Å². The number of amides is 4. The van der Waals surface area contributed by atoms with Crippen molar-refractivity contribution in [1.29, 1.82) is 0 Å². The lowest BCUT2D eigenvalue weighted by molar-refractivity contribution is -0.136. The minimum atomic E-state index is -0.916. The van der Waals surface area contributed by atoms with Crippen LogP contribution in [0, 0.1) is 23.2 Å². The van der Waals surface area contributed by atoms with Gasteiger partial charge in [0.1, 0.15) is 6.04 Å². The lowest BCUT2D eigenvalue weighted by atomic mass is 9.48. The Morgan fingerprint density at radius 3 is 2.18 bits per heavy atom. The summed E-state index contributed by atoms with van der Waals surface area (Å²) in [5.74, 6) is 2.29. The first-order valence-electron chi connectivity index (χ1n) is 14.9. The molecular formula is C31H40N2O4S. The predicted molar refractivity (Wildman–Crippen MR) is 147 cm³/mol. The number of carbonyl (C=O) groups is 4. The SMILES string of the molecule is O=C1CCC(N2C(=O)c3cccc(SCCCCCCCCC45CC6CC(CC(C6)C4)C5)c3C2=O)C(=O)N1. The largest absolute Gasteiger partial charge is 0.295 e. The topological polar surface area (TPSA) is 83.6 Å². The lowest BCUT2D eigenvalue weighted by Gasteiger charge is -2.57. The lowest BCUT2D eigenvalue weighted by Crippen LogP contribution is -2.54. The summed E-state index contributed by atoms with van der Waals surface area (Å²) < 4.78 is 0. The number of unbranched alkanes of at least 4 members (excludes halogenated alkanes) is 5. The smallest absolute Gasteiger partial charge is 0.263 e. The van der Waals surface area contributed by atoms with Crippen LogP contribution in [-0.2, 0) is 9.59 Å². The Hall–Kier alpha value is -2.15. The Kier molecular flexibility index (Phi) is 7.41. The van der Waals surface area contributed by atoms with Crippen molar-refractivity contribution in [2.24, 2.45) is 23.2 Å². The predicted octanol–water partition coefficient (Wildman–Crippen LogP) is 6.13. The second kappa shape index (κ2) is 10.8. The maximum absolute atomic E-state index is 13.2. The van der Waals surface area contributed by atoms with E-state index in [0.717, 1.165) is 39.7 Å². The van der Waals surface area contributed by atoms with Crippen LogP contribution in [0.25, 0.3) is 0 Å². The quantitative estimate of drug-likeness (QED) is 0.209. The van der Waals surface area contributed by atoms with Crippen LogP contribution in [-0.4, -0.2) is 40.3 Å². The van der Waals surface area contributed by atoms with Gasteiger partial charge in [-0.05, 0) is 98.8 Å². The van der Waals surface area contributed by atoms with Crippen molar-refractivity contribution in [1.82, 2.24) is 10.2 Å². The molecule has 2 heterocycles. The highest BCUT2D eigenvalue weighted by atomic mass is 32.2. The third-order valence-electron chi connectivity index (χ3n) is 9.95. The zero-order chi connectivity index (χ0) is 26.3. The van der Waals surface area contributed by atoms with Crippen molar-refractivity contribution in [2.75, 3.05) is 5.75 Å². The minimum absolute atomic E-state index is 0.133. The molecule has 1 unspecified atom stereocenters. The van der Waals surface area contributed by atoms with Gasteiger partial charge in [0.25, 0.3) is 11.8 Å². The third kappa shape index (κ3) is 5.07. The van der Waals surface area contributed by atoms with E-state index in [9.17, 15) is 19.2 Å². The van der Waals surface area contributed by atoms with Gasteiger partial charge in [0.2, 0.25) is 11.8 Å². The van der Waals surface area contributed by atoms with Gasteiger partial charge >= 0.3 is 0 Å². The fourth-order valence-corrected chi connectivity index (χ4v) is 9.78. The molecule has 1 aromatic carbocycles. The molecule has 4 amide bonds. The van der Waals surface area contributed by atoms with Crippen molar-refractivity contribution in [3.05, 3.63) is 29.3 Å². The number of benzene rings is 1. The molecule has 7 heteroatoms. The van der Waals surface area contributed by atoms with Crippen LogP contribution in [0.2, 0.25) is 0 Å². The normalized spacial score (nSPS) is 31.7. The van der Waals surface area contributed by atoms with Gasteiger partial charge in [0, 0.05) is 11.3 Å². The molecule has 1 saturated heterocycles. The fraction of sp³-hybridized carbons (Fsp3) is 0.677. The number of nitrogens with zero attached hydrogens (tertiary/aromatic N) is 1. The Morgan fingerprint density at radius 1 is 0.842 bits per heavy atom. The second-order valence-electron chi connectivity index (χ2n) is 12.8. The minimum Gasteiger partial charge on any atom is -0.295 e.